The van der Waals surface area contributed by atoms with Crippen LogP contribution in [0.25, 0.3) is 0 Å². The number of halogens is 1. The second kappa shape index (κ2) is 5.50. The molecule has 0 aliphatic carbocycles. The van der Waals surface area contributed by atoms with Crippen molar-refractivity contribution in [3.8, 4) is 0 Å². The molecule has 1 aromatic heterocycles. The maximum Gasteiger partial charge on any atom is 0.338 e. The summed E-state index contributed by atoms with van der Waals surface area (Å²) in [4.78, 5) is 15.5. The number of carbonyl (C=O) groups excluding carboxylic acids is 1. The molecule has 1 aromatic carbocycles. The highest BCUT2D eigenvalue weighted by Gasteiger charge is 2.10. The average molecular weight is 264 g/mol. The Bertz CT molecular complexity index is 552. The van der Waals surface area contributed by atoms with E-state index < -0.39 is 11.8 Å². The van der Waals surface area contributed by atoms with E-state index in [9.17, 15) is 9.18 Å². The lowest BCUT2D eigenvalue weighted by atomic mass is 10.2. The minimum Gasteiger partial charge on any atom is -0.455 e. The van der Waals surface area contributed by atoms with Crippen molar-refractivity contribution in [3.63, 3.8) is 0 Å². The Morgan fingerprint density at radius 2 is 2.11 bits per heavy atom. The summed E-state index contributed by atoms with van der Waals surface area (Å²) in [6.07, 6.45) is 1.58. The summed E-state index contributed by atoms with van der Waals surface area (Å²) in [5, 5.41) is 9.90. The number of hydrogen-bond donors (Lipinski definition) is 1. The number of aromatic nitrogens is 1. The monoisotopic (exact) mass is 264 g/mol. The molecule has 0 amide bonds. The molecule has 0 bridgehead atoms. The van der Waals surface area contributed by atoms with Gasteiger partial charge in [-0.3, -0.25) is 5.41 Å². The predicted octanol–water partition coefficient (Wildman–Crippen LogP) is 2.51. The van der Waals surface area contributed by atoms with Crippen molar-refractivity contribution in [1.82, 2.24) is 4.98 Å². The number of benzene rings is 1. The van der Waals surface area contributed by atoms with Gasteiger partial charge in [0.1, 0.15) is 23.1 Å². The smallest absolute Gasteiger partial charge is 0.338 e. The second-order valence-corrected chi connectivity index (χ2v) is 4.29. The molecule has 0 saturated heterocycles. The van der Waals surface area contributed by atoms with Gasteiger partial charge in [-0.25, -0.2) is 14.2 Å². The average Bonchev–Trinajstić information content (AvgIpc) is 2.90. The first-order chi connectivity index (χ1) is 8.66. The molecule has 18 heavy (non-hydrogen) atoms. The van der Waals surface area contributed by atoms with Crippen LogP contribution in [-0.2, 0) is 4.74 Å². The molecule has 0 aliphatic rings. The fourth-order valence-corrected chi connectivity index (χ4v) is 1.81. The Labute approximate surface area is 107 Å². The number of nitrogens with zero attached hydrogens (tertiary/aromatic N) is 1. The topological polar surface area (TPSA) is 63.0 Å². The van der Waals surface area contributed by atoms with Crippen LogP contribution < -0.4 is 0 Å². The molecular formula is C12H9FN2O2S. The van der Waals surface area contributed by atoms with Gasteiger partial charge in [0.05, 0.1) is 5.56 Å². The molecule has 2 rings (SSSR count). The zero-order valence-corrected chi connectivity index (χ0v) is 10.0. The summed E-state index contributed by atoms with van der Waals surface area (Å²) in [5.74, 6) is -1.00. The highest BCUT2D eigenvalue weighted by Crippen LogP contribution is 2.07. The van der Waals surface area contributed by atoms with E-state index in [0.29, 0.717) is 5.01 Å². The third-order valence-corrected chi connectivity index (χ3v) is 2.95. The fourth-order valence-electron chi connectivity index (χ4n) is 1.24. The van der Waals surface area contributed by atoms with Crippen molar-refractivity contribution in [2.45, 2.75) is 0 Å². The first-order valence-electron chi connectivity index (χ1n) is 5.07. The molecule has 0 aliphatic heterocycles. The summed E-state index contributed by atoms with van der Waals surface area (Å²) >= 11 is 1.30. The van der Waals surface area contributed by atoms with Gasteiger partial charge < -0.3 is 4.74 Å². The Hall–Kier alpha value is -2.08. The van der Waals surface area contributed by atoms with E-state index >= 15 is 0 Å². The van der Waals surface area contributed by atoms with Crippen molar-refractivity contribution < 1.29 is 13.9 Å². The van der Waals surface area contributed by atoms with Crippen LogP contribution in [0.15, 0.2) is 35.8 Å². The van der Waals surface area contributed by atoms with E-state index in [1.165, 1.54) is 35.6 Å². The van der Waals surface area contributed by atoms with Gasteiger partial charge in [0.15, 0.2) is 0 Å². The van der Waals surface area contributed by atoms with Crippen molar-refractivity contribution in [3.05, 3.63) is 52.2 Å². The summed E-state index contributed by atoms with van der Waals surface area (Å²) in [6.45, 7) is -0.149. The lowest BCUT2D eigenvalue weighted by Crippen LogP contribution is -2.14. The van der Waals surface area contributed by atoms with Crippen molar-refractivity contribution >= 4 is 23.0 Å². The molecule has 1 heterocycles. The van der Waals surface area contributed by atoms with Crippen molar-refractivity contribution in [2.75, 3.05) is 6.61 Å². The van der Waals surface area contributed by atoms with Crippen LogP contribution in [0.1, 0.15) is 15.4 Å². The highest BCUT2D eigenvalue weighted by molar-refractivity contribution is 7.11. The van der Waals surface area contributed by atoms with E-state index in [2.05, 4.69) is 4.98 Å². The maximum atomic E-state index is 12.7. The summed E-state index contributed by atoms with van der Waals surface area (Å²) in [6, 6.07) is 5.04. The first kappa shape index (κ1) is 12.4. The molecule has 92 valence electrons. The maximum absolute atomic E-state index is 12.7. The predicted molar refractivity (Wildman–Crippen MR) is 65.6 cm³/mol. The van der Waals surface area contributed by atoms with Crippen molar-refractivity contribution in [1.29, 1.82) is 5.41 Å². The molecule has 0 saturated carbocycles. The first-order valence-corrected chi connectivity index (χ1v) is 5.95. The fraction of sp³-hybridized carbons (Fsp3) is 0.0833. The van der Waals surface area contributed by atoms with Crippen LogP contribution in [-0.4, -0.2) is 23.3 Å². The number of carbonyl (C=O) groups is 1. The lowest BCUT2D eigenvalue weighted by Gasteiger charge is -2.04. The molecule has 1 N–H and O–H groups in total. The van der Waals surface area contributed by atoms with Crippen LogP contribution in [0.3, 0.4) is 0 Å². The third kappa shape index (κ3) is 2.98. The Kier molecular flexibility index (Phi) is 3.78. The lowest BCUT2D eigenvalue weighted by molar-refractivity contribution is 0.0563. The number of thiazole rings is 1. The Balaban J connectivity index is 1.92. The second-order valence-electron chi connectivity index (χ2n) is 3.40. The van der Waals surface area contributed by atoms with Crippen LogP contribution in [0.2, 0.25) is 0 Å². The van der Waals surface area contributed by atoms with Gasteiger partial charge in [-0.1, -0.05) is 0 Å². The normalized spacial score (nSPS) is 10.1. The van der Waals surface area contributed by atoms with E-state index in [1.807, 2.05) is 0 Å². The number of hydrogen-bond acceptors (Lipinski definition) is 5. The SMILES string of the molecule is N=C(COC(=O)c1ccc(F)cc1)c1nccs1. The zero-order valence-electron chi connectivity index (χ0n) is 9.22. The van der Waals surface area contributed by atoms with Gasteiger partial charge in [0, 0.05) is 11.6 Å². The third-order valence-electron chi connectivity index (χ3n) is 2.12. The van der Waals surface area contributed by atoms with Gasteiger partial charge in [0.25, 0.3) is 0 Å². The highest BCUT2D eigenvalue weighted by atomic mass is 32.1. The zero-order chi connectivity index (χ0) is 13.0. The van der Waals surface area contributed by atoms with E-state index in [1.54, 1.807) is 11.6 Å². The van der Waals surface area contributed by atoms with E-state index in [4.69, 9.17) is 10.1 Å². The minimum absolute atomic E-state index is 0.139. The quantitative estimate of drug-likeness (QED) is 0.681. The van der Waals surface area contributed by atoms with E-state index in [-0.39, 0.29) is 17.9 Å². The number of esters is 1. The molecule has 0 radical (unpaired) electrons. The summed E-state index contributed by atoms with van der Waals surface area (Å²) < 4.78 is 17.6. The molecule has 6 heteroatoms. The summed E-state index contributed by atoms with van der Waals surface area (Å²) in [7, 11) is 0. The molecule has 0 atom stereocenters. The largest absolute Gasteiger partial charge is 0.455 e. The Morgan fingerprint density at radius 3 is 2.72 bits per heavy atom. The number of nitrogens with one attached hydrogen (secondary N) is 1. The van der Waals surface area contributed by atoms with Crippen LogP contribution >= 0.6 is 11.3 Å². The Morgan fingerprint density at radius 1 is 1.39 bits per heavy atom. The van der Waals surface area contributed by atoms with Crippen LogP contribution in [0.5, 0.6) is 0 Å². The van der Waals surface area contributed by atoms with Crippen LogP contribution in [0, 0.1) is 11.2 Å². The van der Waals surface area contributed by atoms with Gasteiger partial charge in [0.2, 0.25) is 0 Å². The molecule has 4 nitrogen and oxygen atoms in total. The van der Waals surface area contributed by atoms with Gasteiger partial charge in [-0.15, -0.1) is 11.3 Å². The van der Waals surface area contributed by atoms with E-state index in [0.717, 1.165) is 0 Å². The molecule has 0 unspecified atom stereocenters. The van der Waals surface area contributed by atoms with Gasteiger partial charge >= 0.3 is 5.97 Å². The molecule has 0 spiro atoms. The molecular weight excluding hydrogens is 255 g/mol. The number of rotatable bonds is 4. The summed E-state index contributed by atoms with van der Waals surface area (Å²) in [5.41, 5.74) is 0.392. The standard InChI is InChI=1S/C12H9FN2O2S/c13-9-3-1-8(2-4-9)12(16)17-7-10(14)11-15-5-6-18-11/h1-6,14H,7H2. The van der Waals surface area contributed by atoms with Crippen molar-refractivity contribution in [2.24, 2.45) is 0 Å². The van der Waals surface area contributed by atoms with Gasteiger partial charge in [-0.2, -0.15) is 0 Å². The number of ether oxygens (including phenoxy) is 1. The van der Waals surface area contributed by atoms with Gasteiger partial charge in [-0.05, 0) is 24.3 Å². The molecule has 2 aromatic rings. The minimum atomic E-state index is -0.587. The molecule has 0 fully saturated rings. The van der Waals surface area contributed by atoms with Crippen LogP contribution in [0.4, 0.5) is 4.39 Å².